The Morgan fingerprint density at radius 1 is 1.14 bits per heavy atom. The second-order valence-electron chi connectivity index (χ2n) is 6.85. The van der Waals surface area contributed by atoms with Crippen LogP contribution in [-0.4, -0.2) is 46.2 Å². The van der Waals surface area contributed by atoms with E-state index in [1.54, 1.807) is 13.3 Å². The number of likely N-dealkylation sites (tertiary alicyclic amines) is 1. The molecule has 0 spiro atoms. The van der Waals surface area contributed by atoms with Crippen molar-refractivity contribution in [2.24, 2.45) is 0 Å². The average molecular weight is 373 g/mol. The quantitative estimate of drug-likeness (QED) is 0.570. The van der Waals surface area contributed by atoms with Gasteiger partial charge in [0.25, 0.3) is 5.91 Å². The van der Waals surface area contributed by atoms with Crippen molar-refractivity contribution in [3.63, 3.8) is 0 Å². The number of carbonyl (C=O) groups is 1. The van der Waals surface area contributed by atoms with Crippen LogP contribution in [0.15, 0.2) is 48.7 Å². The Bertz CT molecular complexity index is 1180. The van der Waals surface area contributed by atoms with Crippen molar-refractivity contribution in [1.82, 2.24) is 20.1 Å². The van der Waals surface area contributed by atoms with E-state index in [1.807, 2.05) is 47.4 Å². The van der Waals surface area contributed by atoms with E-state index in [0.29, 0.717) is 11.4 Å². The highest BCUT2D eigenvalue weighted by atomic mass is 16.5. The Hall–Kier alpha value is -3.61. The number of anilines is 2. The predicted octanol–water partition coefficient (Wildman–Crippen LogP) is 3.71. The van der Waals surface area contributed by atoms with E-state index in [0.717, 1.165) is 52.8 Å². The van der Waals surface area contributed by atoms with Crippen molar-refractivity contribution in [2.45, 2.75) is 6.42 Å². The lowest BCUT2D eigenvalue weighted by atomic mass is 10.1. The number of fused-ring (bicyclic) bond motifs is 3. The third-order valence-electron chi connectivity index (χ3n) is 5.14. The molecular weight excluding hydrogens is 354 g/mol. The van der Waals surface area contributed by atoms with Gasteiger partial charge in [0.1, 0.15) is 11.3 Å². The van der Waals surface area contributed by atoms with Crippen LogP contribution in [0.25, 0.3) is 21.8 Å². The summed E-state index contributed by atoms with van der Waals surface area (Å²) < 4.78 is 5.33. The van der Waals surface area contributed by atoms with Crippen LogP contribution in [0.2, 0.25) is 0 Å². The van der Waals surface area contributed by atoms with Crippen molar-refractivity contribution in [3.05, 3.63) is 54.2 Å². The number of methoxy groups -OCH3 is 1. The molecule has 7 heteroatoms. The predicted molar refractivity (Wildman–Crippen MR) is 108 cm³/mol. The number of H-pyrrole nitrogens is 1. The van der Waals surface area contributed by atoms with Gasteiger partial charge in [0.2, 0.25) is 0 Å². The Labute approximate surface area is 161 Å². The van der Waals surface area contributed by atoms with E-state index in [-0.39, 0.29) is 5.91 Å². The van der Waals surface area contributed by atoms with Crippen LogP contribution < -0.4 is 10.1 Å². The van der Waals surface area contributed by atoms with E-state index in [4.69, 9.17) is 9.72 Å². The number of benzene rings is 2. The fourth-order valence-corrected chi connectivity index (χ4v) is 3.43. The summed E-state index contributed by atoms with van der Waals surface area (Å²) in [5.41, 5.74) is 3.23. The summed E-state index contributed by atoms with van der Waals surface area (Å²) in [6.45, 7) is 1.70. The minimum Gasteiger partial charge on any atom is -0.497 e. The third-order valence-corrected chi connectivity index (χ3v) is 5.14. The number of aromatic nitrogens is 3. The SMILES string of the molecule is COc1ccc2nc(Nc3ccc(C(=O)N4CCC4)cc3)c3[nH]ncc3c2c1. The number of nitrogens with one attached hydrogen (secondary N) is 2. The van der Waals surface area contributed by atoms with E-state index in [2.05, 4.69) is 15.5 Å². The molecule has 1 amide bonds. The molecule has 2 aromatic carbocycles. The number of pyridine rings is 1. The molecule has 0 unspecified atom stereocenters. The molecule has 1 aliphatic rings. The Balaban J connectivity index is 1.49. The smallest absolute Gasteiger partial charge is 0.253 e. The van der Waals surface area contributed by atoms with Gasteiger partial charge in [-0.3, -0.25) is 9.89 Å². The lowest BCUT2D eigenvalue weighted by Gasteiger charge is -2.30. The number of amides is 1. The van der Waals surface area contributed by atoms with Gasteiger partial charge in [0.15, 0.2) is 5.82 Å². The summed E-state index contributed by atoms with van der Waals surface area (Å²) in [5, 5.41) is 12.5. The molecule has 2 N–H and O–H groups in total. The Morgan fingerprint density at radius 2 is 1.96 bits per heavy atom. The van der Waals surface area contributed by atoms with Crippen LogP contribution in [0.4, 0.5) is 11.5 Å². The van der Waals surface area contributed by atoms with Gasteiger partial charge < -0.3 is 15.0 Å². The van der Waals surface area contributed by atoms with Gasteiger partial charge in [-0.15, -0.1) is 0 Å². The van der Waals surface area contributed by atoms with E-state index in [9.17, 15) is 4.79 Å². The van der Waals surface area contributed by atoms with Gasteiger partial charge in [-0.05, 0) is 48.9 Å². The zero-order valence-corrected chi connectivity index (χ0v) is 15.4. The maximum absolute atomic E-state index is 12.3. The number of nitrogens with zero attached hydrogens (tertiary/aromatic N) is 3. The average Bonchev–Trinajstić information content (AvgIpc) is 3.17. The fraction of sp³-hybridized carbons (Fsp3) is 0.190. The molecule has 0 saturated carbocycles. The maximum Gasteiger partial charge on any atom is 0.253 e. The van der Waals surface area contributed by atoms with Crippen LogP contribution in [0.3, 0.4) is 0 Å². The van der Waals surface area contributed by atoms with Gasteiger partial charge in [-0.1, -0.05) is 0 Å². The van der Waals surface area contributed by atoms with Crippen molar-refractivity contribution in [1.29, 1.82) is 0 Å². The molecule has 28 heavy (non-hydrogen) atoms. The Kier molecular flexibility index (Phi) is 3.86. The maximum atomic E-state index is 12.3. The third kappa shape index (κ3) is 2.72. The van der Waals surface area contributed by atoms with Gasteiger partial charge >= 0.3 is 0 Å². The highest BCUT2D eigenvalue weighted by molar-refractivity contribution is 6.09. The largest absolute Gasteiger partial charge is 0.497 e. The highest BCUT2D eigenvalue weighted by Gasteiger charge is 2.21. The van der Waals surface area contributed by atoms with Crippen LogP contribution in [0, 0.1) is 0 Å². The minimum atomic E-state index is 0.0894. The molecule has 1 fully saturated rings. The molecule has 140 valence electrons. The topological polar surface area (TPSA) is 83.1 Å². The van der Waals surface area contributed by atoms with Crippen LogP contribution in [0.1, 0.15) is 16.8 Å². The standard InChI is InChI=1S/C21H19N5O2/c1-28-15-7-8-18-16(11-15)17-12-22-25-19(17)20(24-18)23-14-5-3-13(4-6-14)21(27)26-9-2-10-26/h3-8,11-12H,2,9-10H2,1H3,(H,22,25)(H,23,24). The number of hydrogen-bond acceptors (Lipinski definition) is 5. The minimum absolute atomic E-state index is 0.0894. The summed E-state index contributed by atoms with van der Waals surface area (Å²) in [4.78, 5) is 18.9. The first kappa shape index (κ1) is 16.6. The number of carbonyl (C=O) groups excluding carboxylic acids is 1. The van der Waals surface area contributed by atoms with Crippen LogP contribution in [-0.2, 0) is 0 Å². The summed E-state index contributed by atoms with van der Waals surface area (Å²) >= 11 is 0. The van der Waals surface area contributed by atoms with Crippen LogP contribution in [0.5, 0.6) is 5.75 Å². The summed E-state index contributed by atoms with van der Waals surface area (Å²) in [5.74, 6) is 1.55. The molecule has 0 bridgehead atoms. The van der Waals surface area contributed by atoms with Crippen molar-refractivity contribution in [2.75, 3.05) is 25.5 Å². The van der Waals surface area contributed by atoms with Gasteiger partial charge in [-0.2, -0.15) is 5.10 Å². The van der Waals surface area contributed by atoms with Crippen molar-refractivity contribution < 1.29 is 9.53 Å². The van der Waals surface area contributed by atoms with Gasteiger partial charge in [0.05, 0.1) is 18.8 Å². The first-order chi connectivity index (χ1) is 13.7. The second-order valence-corrected chi connectivity index (χ2v) is 6.85. The fourth-order valence-electron chi connectivity index (χ4n) is 3.43. The first-order valence-electron chi connectivity index (χ1n) is 9.20. The molecule has 0 atom stereocenters. The van der Waals surface area contributed by atoms with E-state index in [1.165, 1.54) is 0 Å². The van der Waals surface area contributed by atoms with Crippen molar-refractivity contribution >= 4 is 39.2 Å². The van der Waals surface area contributed by atoms with Crippen LogP contribution >= 0.6 is 0 Å². The number of aromatic amines is 1. The van der Waals surface area contributed by atoms with Crippen molar-refractivity contribution in [3.8, 4) is 5.75 Å². The molecule has 1 saturated heterocycles. The normalized spacial score (nSPS) is 13.5. The Morgan fingerprint density at radius 3 is 2.68 bits per heavy atom. The molecular formula is C21H19N5O2. The molecule has 7 nitrogen and oxygen atoms in total. The second kappa shape index (κ2) is 6.53. The molecule has 3 heterocycles. The van der Waals surface area contributed by atoms with E-state index >= 15 is 0 Å². The molecule has 4 aromatic rings. The monoisotopic (exact) mass is 373 g/mol. The van der Waals surface area contributed by atoms with Gasteiger partial charge in [0, 0.05) is 35.1 Å². The highest BCUT2D eigenvalue weighted by Crippen LogP contribution is 2.31. The number of hydrogen-bond donors (Lipinski definition) is 2. The summed E-state index contributed by atoms with van der Waals surface area (Å²) in [6.07, 6.45) is 2.88. The lowest BCUT2D eigenvalue weighted by Crippen LogP contribution is -2.41. The lowest BCUT2D eigenvalue weighted by molar-refractivity contribution is 0.0652. The molecule has 1 aliphatic heterocycles. The zero-order chi connectivity index (χ0) is 19.1. The zero-order valence-electron chi connectivity index (χ0n) is 15.4. The molecule has 2 aromatic heterocycles. The number of rotatable bonds is 4. The number of ether oxygens (including phenoxy) is 1. The van der Waals surface area contributed by atoms with Gasteiger partial charge in [-0.25, -0.2) is 4.98 Å². The molecule has 5 rings (SSSR count). The summed E-state index contributed by atoms with van der Waals surface area (Å²) in [7, 11) is 1.65. The summed E-state index contributed by atoms with van der Waals surface area (Å²) in [6, 6.07) is 13.3. The van der Waals surface area contributed by atoms with E-state index < -0.39 is 0 Å². The first-order valence-corrected chi connectivity index (χ1v) is 9.20. The molecule has 0 radical (unpaired) electrons. The molecule has 0 aliphatic carbocycles.